The highest BCUT2D eigenvalue weighted by atomic mass is 16.5. The maximum Gasteiger partial charge on any atom is 0.127 e. The lowest BCUT2D eigenvalue weighted by molar-refractivity contribution is 0.415. The SMILES string of the molecule is COc1ccc2nc(/C=C/C=C/c3ccc(N(C)C)nc3)ccc2c1. The first-order valence-electron chi connectivity index (χ1n) is 8.08. The number of hydrogen-bond donors (Lipinski definition) is 0. The number of methoxy groups -OCH3 is 1. The number of aromatic nitrogens is 2. The van der Waals surface area contributed by atoms with Gasteiger partial charge in [-0.15, -0.1) is 0 Å². The topological polar surface area (TPSA) is 38.2 Å². The van der Waals surface area contributed by atoms with Crippen LogP contribution in [0.4, 0.5) is 5.82 Å². The fourth-order valence-corrected chi connectivity index (χ4v) is 2.42. The standard InChI is InChI=1S/C21H21N3O/c1-24(2)21-13-8-16(15-22-21)6-4-5-7-18-10-9-17-14-19(25-3)11-12-20(17)23-18/h4-15H,1-3H3/b6-4+,7-5+. The van der Waals surface area contributed by atoms with Crippen molar-refractivity contribution in [1.82, 2.24) is 9.97 Å². The Kier molecular flexibility index (Phi) is 5.09. The van der Waals surface area contributed by atoms with Crippen LogP contribution < -0.4 is 9.64 Å². The number of nitrogens with zero attached hydrogens (tertiary/aromatic N) is 3. The molecule has 126 valence electrons. The van der Waals surface area contributed by atoms with Gasteiger partial charge in [-0.1, -0.05) is 24.3 Å². The molecule has 0 aliphatic carbocycles. The van der Waals surface area contributed by atoms with Crippen molar-refractivity contribution in [1.29, 1.82) is 0 Å². The summed E-state index contributed by atoms with van der Waals surface area (Å²) >= 11 is 0. The number of ether oxygens (including phenoxy) is 1. The Balaban J connectivity index is 1.70. The molecule has 4 heteroatoms. The molecule has 25 heavy (non-hydrogen) atoms. The Morgan fingerprint density at radius 1 is 0.960 bits per heavy atom. The molecular formula is C21H21N3O. The molecule has 0 saturated heterocycles. The Morgan fingerprint density at radius 2 is 1.80 bits per heavy atom. The molecule has 0 bridgehead atoms. The Morgan fingerprint density at radius 3 is 2.52 bits per heavy atom. The van der Waals surface area contributed by atoms with Crippen LogP contribution in [0.3, 0.4) is 0 Å². The average Bonchev–Trinajstić information content (AvgIpc) is 2.65. The molecular weight excluding hydrogens is 310 g/mol. The minimum Gasteiger partial charge on any atom is -0.497 e. The van der Waals surface area contributed by atoms with Crippen molar-refractivity contribution in [3.63, 3.8) is 0 Å². The molecule has 0 atom stereocenters. The average molecular weight is 331 g/mol. The molecule has 2 aromatic heterocycles. The molecule has 0 aliphatic rings. The van der Waals surface area contributed by atoms with Crippen molar-refractivity contribution in [2.24, 2.45) is 0 Å². The van der Waals surface area contributed by atoms with E-state index >= 15 is 0 Å². The first-order chi connectivity index (χ1) is 12.2. The van der Waals surface area contributed by atoms with Gasteiger partial charge in [0, 0.05) is 25.7 Å². The monoisotopic (exact) mass is 331 g/mol. The van der Waals surface area contributed by atoms with Gasteiger partial charge in [-0.05, 0) is 48.0 Å². The van der Waals surface area contributed by atoms with Gasteiger partial charge in [-0.3, -0.25) is 0 Å². The molecule has 0 aliphatic heterocycles. The summed E-state index contributed by atoms with van der Waals surface area (Å²) in [6.07, 6.45) is 9.85. The highest BCUT2D eigenvalue weighted by Gasteiger charge is 1.98. The lowest BCUT2D eigenvalue weighted by Gasteiger charge is -2.10. The highest BCUT2D eigenvalue weighted by Crippen LogP contribution is 2.20. The predicted molar refractivity (Wildman–Crippen MR) is 105 cm³/mol. The molecule has 3 rings (SSSR count). The summed E-state index contributed by atoms with van der Waals surface area (Å²) in [6.45, 7) is 0. The van der Waals surface area contributed by atoms with Crippen molar-refractivity contribution in [3.8, 4) is 5.75 Å². The number of hydrogen-bond acceptors (Lipinski definition) is 4. The van der Waals surface area contributed by atoms with E-state index in [1.165, 1.54) is 0 Å². The van der Waals surface area contributed by atoms with Crippen LogP contribution in [0, 0.1) is 0 Å². The first-order valence-corrected chi connectivity index (χ1v) is 8.08. The summed E-state index contributed by atoms with van der Waals surface area (Å²) in [5.41, 5.74) is 2.94. The van der Waals surface area contributed by atoms with Gasteiger partial charge >= 0.3 is 0 Å². The maximum atomic E-state index is 5.24. The number of benzene rings is 1. The lowest BCUT2D eigenvalue weighted by atomic mass is 10.2. The van der Waals surface area contributed by atoms with Crippen LogP contribution >= 0.6 is 0 Å². The van der Waals surface area contributed by atoms with Crippen LogP contribution in [0.15, 0.2) is 60.8 Å². The molecule has 1 aromatic carbocycles. The summed E-state index contributed by atoms with van der Waals surface area (Å²) in [6, 6.07) is 14.0. The third-order valence-corrected chi connectivity index (χ3v) is 3.81. The van der Waals surface area contributed by atoms with Crippen LogP contribution in [-0.4, -0.2) is 31.2 Å². The van der Waals surface area contributed by atoms with E-state index < -0.39 is 0 Å². The maximum absolute atomic E-state index is 5.24. The molecule has 0 saturated carbocycles. The minimum absolute atomic E-state index is 0.842. The molecule has 4 nitrogen and oxygen atoms in total. The van der Waals surface area contributed by atoms with Gasteiger partial charge in [0.25, 0.3) is 0 Å². The van der Waals surface area contributed by atoms with Crippen LogP contribution in [0.2, 0.25) is 0 Å². The normalized spacial score (nSPS) is 11.5. The van der Waals surface area contributed by atoms with Gasteiger partial charge in [0.05, 0.1) is 18.3 Å². The first kappa shape index (κ1) is 16.7. The molecule has 0 amide bonds. The molecule has 3 aromatic rings. The van der Waals surface area contributed by atoms with Crippen LogP contribution in [0.1, 0.15) is 11.3 Å². The summed E-state index contributed by atoms with van der Waals surface area (Å²) < 4.78 is 5.24. The number of rotatable bonds is 5. The minimum atomic E-state index is 0.842. The number of anilines is 1. The molecule has 0 unspecified atom stereocenters. The lowest BCUT2D eigenvalue weighted by Crippen LogP contribution is -2.09. The summed E-state index contributed by atoms with van der Waals surface area (Å²) in [7, 11) is 5.63. The largest absolute Gasteiger partial charge is 0.497 e. The van der Waals surface area contributed by atoms with Crippen molar-refractivity contribution in [2.75, 3.05) is 26.1 Å². The quantitative estimate of drug-likeness (QED) is 0.648. The second-order valence-electron chi connectivity index (χ2n) is 5.86. The smallest absolute Gasteiger partial charge is 0.127 e. The van der Waals surface area contributed by atoms with Crippen LogP contribution in [0.5, 0.6) is 5.75 Å². The zero-order chi connectivity index (χ0) is 17.6. The molecule has 2 heterocycles. The zero-order valence-corrected chi connectivity index (χ0v) is 14.7. The number of allylic oxidation sites excluding steroid dienone is 2. The Bertz CT molecular complexity index is 912. The van der Waals surface area contributed by atoms with E-state index in [1.807, 2.05) is 85.9 Å². The van der Waals surface area contributed by atoms with Crippen LogP contribution in [0.25, 0.3) is 23.1 Å². The van der Waals surface area contributed by atoms with Gasteiger partial charge in [0.2, 0.25) is 0 Å². The third kappa shape index (κ3) is 4.23. The summed E-state index contributed by atoms with van der Waals surface area (Å²) in [5, 5.41) is 1.07. The van der Waals surface area contributed by atoms with E-state index in [4.69, 9.17) is 4.74 Å². The highest BCUT2D eigenvalue weighted by molar-refractivity contribution is 5.81. The van der Waals surface area contributed by atoms with E-state index in [-0.39, 0.29) is 0 Å². The zero-order valence-electron chi connectivity index (χ0n) is 14.7. The van der Waals surface area contributed by atoms with E-state index in [0.717, 1.165) is 33.7 Å². The second-order valence-corrected chi connectivity index (χ2v) is 5.86. The Labute approximate surface area is 148 Å². The predicted octanol–water partition coefficient (Wildman–Crippen LogP) is 4.43. The Hall–Kier alpha value is -3.14. The van der Waals surface area contributed by atoms with E-state index in [1.54, 1.807) is 7.11 Å². The second kappa shape index (κ2) is 7.62. The fourth-order valence-electron chi connectivity index (χ4n) is 2.42. The third-order valence-electron chi connectivity index (χ3n) is 3.81. The summed E-state index contributed by atoms with van der Waals surface area (Å²) in [5.74, 6) is 1.79. The molecule has 0 N–H and O–H groups in total. The van der Waals surface area contributed by atoms with E-state index in [2.05, 4.69) is 16.0 Å². The fraction of sp³-hybridized carbons (Fsp3) is 0.143. The number of pyridine rings is 2. The molecule has 0 radical (unpaired) electrons. The van der Waals surface area contributed by atoms with Gasteiger partial charge < -0.3 is 9.64 Å². The molecule has 0 spiro atoms. The summed E-state index contributed by atoms with van der Waals surface area (Å²) in [4.78, 5) is 11.0. The van der Waals surface area contributed by atoms with Crippen LogP contribution in [-0.2, 0) is 0 Å². The van der Waals surface area contributed by atoms with Gasteiger partial charge in [-0.25, -0.2) is 9.97 Å². The molecule has 0 fully saturated rings. The van der Waals surface area contributed by atoms with E-state index in [0.29, 0.717) is 0 Å². The number of fused-ring (bicyclic) bond motifs is 1. The van der Waals surface area contributed by atoms with Crippen molar-refractivity contribution in [2.45, 2.75) is 0 Å². The van der Waals surface area contributed by atoms with Crippen molar-refractivity contribution < 1.29 is 4.74 Å². The van der Waals surface area contributed by atoms with Crippen molar-refractivity contribution in [3.05, 3.63) is 72.1 Å². The van der Waals surface area contributed by atoms with Gasteiger partial charge in [0.15, 0.2) is 0 Å². The van der Waals surface area contributed by atoms with Gasteiger partial charge in [0.1, 0.15) is 11.6 Å². The van der Waals surface area contributed by atoms with E-state index in [9.17, 15) is 0 Å². The van der Waals surface area contributed by atoms with Gasteiger partial charge in [-0.2, -0.15) is 0 Å². The van der Waals surface area contributed by atoms with Crippen molar-refractivity contribution >= 4 is 28.9 Å².